The molecule has 2 aromatic rings. The minimum absolute atomic E-state index is 0.409. The fourth-order valence-corrected chi connectivity index (χ4v) is 2.95. The summed E-state index contributed by atoms with van der Waals surface area (Å²) in [4.78, 5) is 15.3. The third-order valence-electron chi connectivity index (χ3n) is 4.20. The summed E-state index contributed by atoms with van der Waals surface area (Å²) in [5, 5.41) is 0.734. The summed E-state index contributed by atoms with van der Waals surface area (Å²) >= 11 is 6.22. The van der Waals surface area contributed by atoms with Gasteiger partial charge in [-0.05, 0) is 49.4 Å². The van der Waals surface area contributed by atoms with Crippen LogP contribution in [0.1, 0.15) is 21.5 Å². The smallest absolute Gasteiger partial charge is 0.248 e. The van der Waals surface area contributed by atoms with Crippen molar-refractivity contribution in [1.29, 1.82) is 0 Å². The average Bonchev–Trinajstić information content (AvgIpc) is 2.58. The van der Waals surface area contributed by atoms with Crippen LogP contribution in [-0.4, -0.2) is 45.1 Å². The molecule has 0 spiro atoms. The maximum absolute atomic E-state index is 11.1. The summed E-state index contributed by atoms with van der Waals surface area (Å²) in [7, 11) is 5.99. The zero-order valence-electron chi connectivity index (χ0n) is 15.8. The number of halogens is 1. The number of amides is 1. The van der Waals surface area contributed by atoms with Gasteiger partial charge in [-0.1, -0.05) is 23.7 Å². The van der Waals surface area contributed by atoms with Gasteiger partial charge in [-0.3, -0.25) is 9.69 Å². The quantitative estimate of drug-likeness (QED) is 0.768. The Morgan fingerprint density at radius 3 is 2.35 bits per heavy atom. The fraction of sp³-hybridized carbons (Fsp3) is 0.350. The van der Waals surface area contributed by atoms with E-state index in [9.17, 15) is 4.79 Å². The molecule has 2 rings (SSSR count). The molecule has 0 aliphatic carbocycles. The van der Waals surface area contributed by atoms with Crippen LogP contribution < -0.4 is 15.4 Å². The number of nitrogens with two attached hydrogens (primary N) is 1. The first-order valence-corrected chi connectivity index (χ1v) is 8.84. The molecule has 0 bridgehead atoms. The lowest BCUT2D eigenvalue weighted by atomic mass is 10.1. The number of rotatable bonds is 8. The van der Waals surface area contributed by atoms with E-state index in [-0.39, 0.29) is 0 Å². The molecule has 0 aromatic heterocycles. The predicted molar refractivity (Wildman–Crippen MR) is 107 cm³/mol. The van der Waals surface area contributed by atoms with Gasteiger partial charge in [0.25, 0.3) is 0 Å². The molecule has 0 fully saturated rings. The molecule has 140 valence electrons. The van der Waals surface area contributed by atoms with E-state index in [0.717, 1.165) is 40.7 Å². The van der Waals surface area contributed by atoms with Crippen LogP contribution >= 0.6 is 11.6 Å². The van der Waals surface area contributed by atoms with Crippen molar-refractivity contribution in [3.63, 3.8) is 0 Å². The number of hydrogen-bond acceptors (Lipinski definition) is 4. The number of primary amides is 1. The summed E-state index contributed by atoms with van der Waals surface area (Å²) in [6.07, 6.45) is 0. The SMILES string of the molecule is Cc1c(Cl)ccc(OCCN(C)Cc2ccc(C(N)=O)cc2)c1N(C)C. The highest BCUT2D eigenvalue weighted by Gasteiger charge is 2.12. The van der Waals surface area contributed by atoms with Crippen molar-refractivity contribution in [1.82, 2.24) is 4.90 Å². The maximum atomic E-state index is 11.1. The van der Waals surface area contributed by atoms with Gasteiger partial charge in [-0.25, -0.2) is 0 Å². The Hall–Kier alpha value is -2.24. The third kappa shape index (κ3) is 5.13. The van der Waals surface area contributed by atoms with Crippen LogP contribution in [0, 0.1) is 6.92 Å². The average molecular weight is 376 g/mol. The number of benzene rings is 2. The van der Waals surface area contributed by atoms with Crippen molar-refractivity contribution in [3.05, 3.63) is 58.1 Å². The first-order chi connectivity index (χ1) is 12.3. The normalized spacial score (nSPS) is 10.8. The first-order valence-electron chi connectivity index (χ1n) is 8.46. The van der Waals surface area contributed by atoms with E-state index in [1.807, 2.05) is 57.2 Å². The summed E-state index contributed by atoms with van der Waals surface area (Å²) in [5.74, 6) is 0.421. The minimum atomic E-state index is -0.409. The standard InChI is InChI=1S/C20H26ClN3O2/c1-14-17(21)9-10-18(19(14)23(2)3)26-12-11-24(4)13-15-5-7-16(8-6-15)20(22)25/h5-10H,11-13H2,1-4H3,(H2,22,25). The summed E-state index contributed by atoms with van der Waals surface area (Å²) in [6, 6.07) is 11.1. The van der Waals surface area contributed by atoms with E-state index in [1.165, 1.54) is 0 Å². The van der Waals surface area contributed by atoms with Gasteiger partial charge in [0.2, 0.25) is 5.91 Å². The molecule has 0 heterocycles. The van der Waals surface area contributed by atoms with Crippen molar-refractivity contribution < 1.29 is 9.53 Å². The molecule has 6 heteroatoms. The van der Waals surface area contributed by atoms with E-state index in [1.54, 1.807) is 12.1 Å². The molecular weight excluding hydrogens is 350 g/mol. The van der Waals surface area contributed by atoms with Crippen molar-refractivity contribution in [2.75, 3.05) is 39.2 Å². The Kier molecular flexibility index (Phi) is 6.89. The third-order valence-corrected chi connectivity index (χ3v) is 4.61. The van der Waals surface area contributed by atoms with Crippen LogP contribution in [0.5, 0.6) is 5.75 Å². The summed E-state index contributed by atoms with van der Waals surface area (Å²) in [5.41, 5.74) is 8.92. The first kappa shape index (κ1) is 20.1. The van der Waals surface area contributed by atoms with Crippen LogP contribution in [0.2, 0.25) is 5.02 Å². The highest BCUT2D eigenvalue weighted by atomic mass is 35.5. The molecule has 1 amide bonds. The van der Waals surface area contributed by atoms with E-state index in [2.05, 4.69) is 4.90 Å². The highest BCUT2D eigenvalue weighted by molar-refractivity contribution is 6.31. The van der Waals surface area contributed by atoms with E-state index in [4.69, 9.17) is 22.1 Å². The van der Waals surface area contributed by atoms with Crippen LogP contribution in [0.25, 0.3) is 0 Å². The monoisotopic (exact) mass is 375 g/mol. The number of carbonyl (C=O) groups excluding carboxylic acids is 1. The van der Waals surface area contributed by atoms with Gasteiger partial charge in [0.05, 0.1) is 5.69 Å². The fourth-order valence-electron chi connectivity index (χ4n) is 2.80. The molecular formula is C20H26ClN3O2. The Morgan fingerprint density at radius 1 is 1.12 bits per heavy atom. The number of nitrogens with zero attached hydrogens (tertiary/aromatic N) is 2. The van der Waals surface area contributed by atoms with Gasteiger partial charge in [0, 0.05) is 37.8 Å². The largest absolute Gasteiger partial charge is 0.490 e. The number of ether oxygens (including phenoxy) is 1. The second-order valence-corrected chi connectivity index (χ2v) is 6.97. The molecule has 2 N–H and O–H groups in total. The van der Waals surface area contributed by atoms with Crippen LogP contribution in [-0.2, 0) is 6.54 Å². The van der Waals surface area contributed by atoms with Crippen molar-refractivity contribution in [3.8, 4) is 5.75 Å². The molecule has 0 radical (unpaired) electrons. The summed E-state index contributed by atoms with van der Waals surface area (Å²) in [6.45, 7) is 4.10. The molecule has 2 aromatic carbocycles. The molecule has 0 saturated heterocycles. The Bertz CT molecular complexity index is 760. The van der Waals surface area contributed by atoms with Gasteiger partial charge in [-0.2, -0.15) is 0 Å². The highest BCUT2D eigenvalue weighted by Crippen LogP contribution is 2.35. The lowest BCUT2D eigenvalue weighted by Crippen LogP contribution is -2.24. The predicted octanol–water partition coefficient (Wildman–Crippen LogP) is 3.32. The van der Waals surface area contributed by atoms with Crippen LogP contribution in [0.4, 0.5) is 5.69 Å². The molecule has 0 unspecified atom stereocenters. The van der Waals surface area contributed by atoms with Gasteiger partial charge >= 0.3 is 0 Å². The Labute approximate surface area is 160 Å². The van der Waals surface area contributed by atoms with Crippen LogP contribution in [0.3, 0.4) is 0 Å². The van der Waals surface area contributed by atoms with Gasteiger partial charge < -0.3 is 15.4 Å². The van der Waals surface area contributed by atoms with Crippen molar-refractivity contribution in [2.24, 2.45) is 5.73 Å². The zero-order chi connectivity index (χ0) is 19.3. The van der Waals surface area contributed by atoms with E-state index in [0.29, 0.717) is 12.2 Å². The molecule has 0 saturated carbocycles. The Morgan fingerprint density at radius 2 is 1.77 bits per heavy atom. The van der Waals surface area contributed by atoms with E-state index >= 15 is 0 Å². The number of anilines is 1. The summed E-state index contributed by atoms with van der Waals surface area (Å²) < 4.78 is 5.99. The van der Waals surface area contributed by atoms with Crippen molar-refractivity contribution >= 4 is 23.2 Å². The molecule has 26 heavy (non-hydrogen) atoms. The maximum Gasteiger partial charge on any atom is 0.248 e. The second-order valence-electron chi connectivity index (χ2n) is 6.56. The number of hydrogen-bond donors (Lipinski definition) is 1. The van der Waals surface area contributed by atoms with E-state index < -0.39 is 5.91 Å². The second kappa shape index (κ2) is 8.92. The number of carbonyl (C=O) groups is 1. The molecule has 0 aliphatic heterocycles. The van der Waals surface area contributed by atoms with Gasteiger partial charge in [0.15, 0.2) is 0 Å². The van der Waals surface area contributed by atoms with Crippen LogP contribution in [0.15, 0.2) is 36.4 Å². The molecule has 0 atom stereocenters. The lowest BCUT2D eigenvalue weighted by molar-refractivity contribution is 0.100. The van der Waals surface area contributed by atoms with Gasteiger partial charge in [0.1, 0.15) is 12.4 Å². The van der Waals surface area contributed by atoms with Gasteiger partial charge in [-0.15, -0.1) is 0 Å². The topological polar surface area (TPSA) is 58.8 Å². The molecule has 0 aliphatic rings. The lowest BCUT2D eigenvalue weighted by Gasteiger charge is -2.22. The minimum Gasteiger partial charge on any atom is -0.490 e. The molecule has 5 nitrogen and oxygen atoms in total. The Balaban J connectivity index is 1.91. The number of likely N-dealkylation sites (N-methyl/N-ethyl adjacent to an activating group) is 1. The zero-order valence-corrected chi connectivity index (χ0v) is 16.5. The van der Waals surface area contributed by atoms with Crippen molar-refractivity contribution in [2.45, 2.75) is 13.5 Å².